The predicted octanol–water partition coefficient (Wildman–Crippen LogP) is -0.452. The molecule has 1 rings (SSSR count). The van der Waals surface area contributed by atoms with Gasteiger partial charge in [0.15, 0.2) is 0 Å². The van der Waals surface area contributed by atoms with Crippen LogP contribution in [-0.4, -0.2) is 45.6 Å². The van der Waals surface area contributed by atoms with Crippen molar-refractivity contribution in [2.24, 2.45) is 0 Å². The molecule has 0 radical (unpaired) electrons. The highest BCUT2D eigenvalue weighted by molar-refractivity contribution is 7.99. The molecule has 0 atom stereocenters. The van der Waals surface area contributed by atoms with Gasteiger partial charge >= 0.3 is 5.69 Å². The second-order valence-corrected chi connectivity index (χ2v) is 4.33. The molecule has 4 N–H and O–H groups in total. The van der Waals surface area contributed by atoms with Gasteiger partial charge in [-0.15, -0.1) is 0 Å². The lowest BCUT2D eigenvalue weighted by Crippen LogP contribution is -2.26. The van der Waals surface area contributed by atoms with Crippen molar-refractivity contribution in [2.45, 2.75) is 6.42 Å². The number of rotatable bonds is 7. The summed E-state index contributed by atoms with van der Waals surface area (Å²) in [5, 5.41) is 11.2. The van der Waals surface area contributed by atoms with E-state index >= 15 is 0 Å². The number of aliphatic hydroxyl groups is 1. The van der Waals surface area contributed by atoms with Gasteiger partial charge in [0.25, 0.3) is 5.91 Å². The van der Waals surface area contributed by atoms with Crippen LogP contribution in [-0.2, 0) is 0 Å². The Balaban J connectivity index is 2.14. The molecule has 0 fully saturated rings. The van der Waals surface area contributed by atoms with Crippen molar-refractivity contribution in [2.75, 3.05) is 24.7 Å². The summed E-state index contributed by atoms with van der Waals surface area (Å²) in [6.45, 7) is 0.742. The summed E-state index contributed by atoms with van der Waals surface area (Å²) in [5.74, 6) is 1.38. The molecule has 0 bridgehead atoms. The number of carbonyl (C=O) groups is 1. The average Bonchev–Trinajstić information content (AvgIpc) is 2.70. The lowest BCUT2D eigenvalue weighted by Gasteiger charge is -2.02. The van der Waals surface area contributed by atoms with Gasteiger partial charge in [0.1, 0.15) is 5.69 Å². The quantitative estimate of drug-likeness (QED) is 0.489. The van der Waals surface area contributed by atoms with Gasteiger partial charge in [-0.1, -0.05) is 0 Å². The summed E-state index contributed by atoms with van der Waals surface area (Å²) in [6, 6.07) is 0. The third-order valence-electron chi connectivity index (χ3n) is 1.82. The van der Waals surface area contributed by atoms with Crippen LogP contribution in [0.1, 0.15) is 16.9 Å². The maximum absolute atomic E-state index is 11.4. The van der Waals surface area contributed by atoms with E-state index in [1.807, 2.05) is 0 Å². The largest absolute Gasteiger partial charge is 0.396 e. The minimum atomic E-state index is -0.387. The van der Waals surface area contributed by atoms with Gasteiger partial charge in [-0.05, 0) is 12.2 Å². The third kappa shape index (κ3) is 4.54. The number of thioether (sulfide) groups is 1. The Morgan fingerprint density at radius 3 is 2.94 bits per heavy atom. The smallest absolute Gasteiger partial charge is 0.323 e. The van der Waals surface area contributed by atoms with E-state index in [-0.39, 0.29) is 23.9 Å². The normalized spacial score (nSPS) is 10.3. The van der Waals surface area contributed by atoms with E-state index in [1.54, 1.807) is 11.8 Å². The monoisotopic (exact) mass is 245 g/mol. The van der Waals surface area contributed by atoms with E-state index in [9.17, 15) is 9.59 Å². The first-order valence-electron chi connectivity index (χ1n) is 4.98. The molecule has 1 amide bonds. The van der Waals surface area contributed by atoms with Crippen molar-refractivity contribution in [3.63, 3.8) is 0 Å². The molecule has 0 aliphatic rings. The number of aromatic amines is 2. The number of hydrogen-bond acceptors (Lipinski definition) is 4. The summed E-state index contributed by atoms with van der Waals surface area (Å²) in [5.41, 5.74) is -0.146. The van der Waals surface area contributed by atoms with E-state index in [0.29, 0.717) is 6.54 Å². The summed E-state index contributed by atoms with van der Waals surface area (Å²) in [4.78, 5) is 26.9. The van der Waals surface area contributed by atoms with Crippen LogP contribution in [0.4, 0.5) is 0 Å². The van der Waals surface area contributed by atoms with E-state index < -0.39 is 0 Å². The zero-order valence-electron chi connectivity index (χ0n) is 8.78. The summed E-state index contributed by atoms with van der Waals surface area (Å²) in [6.07, 6.45) is 2.11. The maximum atomic E-state index is 11.4. The number of H-pyrrole nitrogens is 2. The molecular formula is C9H15N3O3S. The van der Waals surface area contributed by atoms with Gasteiger partial charge in [-0.25, -0.2) is 4.79 Å². The Labute approximate surface area is 96.8 Å². The van der Waals surface area contributed by atoms with Crippen LogP contribution in [0.3, 0.4) is 0 Å². The molecular weight excluding hydrogens is 230 g/mol. The van der Waals surface area contributed by atoms with Crippen LogP contribution in [0.2, 0.25) is 0 Å². The number of nitrogens with one attached hydrogen (secondary N) is 3. The molecule has 0 saturated heterocycles. The lowest BCUT2D eigenvalue weighted by molar-refractivity contribution is 0.0951. The maximum Gasteiger partial charge on any atom is 0.323 e. The molecule has 1 aromatic rings. The van der Waals surface area contributed by atoms with Crippen molar-refractivity contribution >= 4 is 17.7 Å². The van der Waals surface area contributed by atoms with Crippen LogP contribution in [0.5, 0.6) is 0 Å². The minimum Gasteiger partial charge on any atom is -0.396 e. The molecule has 7 heteroatoms. The summed E-state index contributed by atoms with van der Waals surface area (Å²) >= 11 is 1.67. The number of aromatic nitrogens is 2. The Morgan fingerprint density at radius 2 is 2.31 bits per heavy atom. The Morgan fingerprint density at radius 1 is 1.50 bits per heavy atom. The van der Waals surface area contributed by atoms with Gasteiger partial charge < -0.3 is 20.4 Å². The SMILES string of the molecule is O=C(NCCSCCCO)c1c[nH]c(=O)[nH]1. The van der Waals surface area contributed by atoms with Gasteiger partial charge in [-0.3, -0.25) is 4.79 Å². The second-order valence-electron chi connectivity index (χ2n) is 3.10. The fraction of sp³-hybridized carbons (Fsp3) is 0.556. The number of hydrogen-bond donors (Lipinski definition) is 4. The molecule has 16 heavy (non-hydrogen) atoms. The Hall–Kier alpha value is -1.21. The highest BCUT2D eigenvalue weighted by Gasteiger charge is 2.05. The molecule has 0 aromatic carbocycles. The molecule has 0 aliphatic carbocycles. The third-order valence-corrected chi connectivity index (χ3v) is 2.89. The number of aliphatic hydroxyl groups excluding tert-OH is 1. The fourth-order valence-corrected chi connectivity index (χ4v) is 1.84. The van der Waals surface area contributed by atoms with Gasteiger partial charge in [0, 0.05) is 25.1 Å². The number of amides is 1. The highest BCUT2D eigenvalue weighted by atomic mass is 32.2. The summed E-state index contributed by atoms with van der Waals surface area (Å²) in [7, 11) is 0. The fourth-order valence-electron chi connectivity index (χ4n) is 1.06. The van der Waals surface area contributed by atoms with Crippen molar-refractivity contribution in [3.8, 4) is 0 Å². The van der Waals surface area contributed by atoms with Gasteiger partial charge in [0.05, 0.1) is 0 Å². The number of carbonyl (C=O) groups excluding carboxylic acids is 1. The van der Waals surface area contributed by atoms with Gasteiger partial charge in [0.2, 0.25) is 0 Å². The first-order chi connectivity index (χ1) is 7.74. The first-order valence-corrected chi connectivity index (χ1v) is 6.14. The molecule has 0 aliphatic heterocycles. The highest BCUT2D eigenvalue weighted by Crippen LogP contribution is 2.00. The second kappa shape index (κ2) is 7.13. The van der Waals surface area contributed by atoms with E-state index in [1.165, 1.54) is 6.20 Å². The average molecular weight is 245 g/mol. The van der Waals surface area contributed by atoms with Crippen LogP contribution in [0.15, 0.2) is 11.0 Å². The van der Waals surface area contributed by atoms with Crippen LogP contribution >= 0.6 is 11.8 Å². The van der Waals surface area contributed by atoms with Crippen molar-refractivity contribution in [1.29, 1.82) is 0 Å². The van der Waals surface area contributed by atoms with Crippen LogP contribution in [0, 0.1) is 0 Å². The molecule has 6 nitrogen and oxygen atoms in total. The molecule has 90 valence electrons. The topological polar surface area (TPSA) is 98.0 Å². The molecule has 1 heterocycles. The van der Waals surface area contributed by atoms with Crippen LogP contribution < -0.4 is 11.0 Å². The molecule has 0 unspecified atom stereocenters. The first kappa shape index (κ1) is 12.9. The summed E-state index contributed by atoms with van der Waals surface area (Å²) < 4.78 is 0. The van der Waals surface area contributed by atoms with Crippen molar-refractivity contribution in [1.82, 2.24) is 15.3 Å². The van der Waals surface area contributed by atoms with Gasteiger partial charge in [-0.2, -0.15) is 11.8 Å². The van der Waals surface area contributed by atoms with E-state index in [0.717, 1.165) is 17.9 Å². The Bertz CT molecular complexity index is 374. The zero-order chi connectivity index (χ0) is 11.8. The minimum absolute atomic E-state index is 0.198. The van der Waals surface area contributed by atoms with Crippen LogP contribution in [0.25, 0.3) is 0 Å². The lowest BCUT2D eigenvalue weighted by atomic mass is 10.4. The standard InChI is InChI=1S/C9H15N3O3S/c13-3-1-4-16-5-2-10-8(14)7-6-11-9(15)12-7/h6,13H,1-5H2,(H,10,14)(H2,11,12,15). The van der Waals surface area contributed by atoms with Crippen molar-refractivity contribution in [3.05, 3.63) is 22.4 Å². The van der Waals surface area contributed by atoms with E-state index in [2.05, 4.69) is 15.3 Å². The molecule has 0 spiro atoms. The van der Waals surface area contributed by atoms with E-state index in [4.69, 9.17) is 5.11 Å². The predicted molar refractivity (Wildman–Crippen MR) is 62.8 cm³/mol. The number of imidazole rings is 1. The molecule has 0 saturated carbocycles. The molecule has 1 aromatic heterocycles. The Kier molecular flexibility index (Phi) is 5.73. The van der Waals surface area contributed by atoms with Crippen molar-refractivity contribution < 1.29 is 9.90 Å². The zero-order valence-corrected chi connectivity index (χ0v) is 9.60.